The Morgan fingerprint density at radius 1 is 1.36 bits per heavy atom. The SMILES string of the molecule is N[CH-]C(F)(F)F.O=[PH](O)O.[Ce]. The molecule has 9 heteroatoms. The number of hydrogen-bond donors (Lipinski definition) is 3. The number of nitrogens with two attached hydrogens (primary N) is 1. The quantitative estimate of drug-likeness (QED) is 0.434. The molecule has 0 atom stereocenters. The molecule has 0 saturated carbocycles. The second-order valence-electron chi connectivity index (χ2n) is 0.991. The largest absolute Gasteiger partial charge is 0.475 e. The van der Waals surface area contributed by atoms with E-state index in [9.17, 15) is 13.2 Å². The zero-order valence-corrected chi connectivity index (χ0v) is 9.23. The van der Waals surface area contributed by atoms with Crippen molar-refractivity contribution < 1.29 is 69.3 Å². The van der Waals surface area contributed by atoms with Gasteiger partial charge in [-0.3, -0.25) is 4.57 Å². The number of hydrogen-bond acceptors (Lipinski definition) is 2. The fraction of sp³-hybridized carbons (Fsp3) is 0.500. The Morgan fingerprint density at radius 2 is 1.45 bits per heavy atom. The standard InChI is InChI=1S/C2H3F3N.Ce.H3O3P/c3-2(4,5)1-6;;1-4(2)3/h1H,6H2;;4H,(H2,1,2,3)/q-1;;. The molecule has 0 fully saturated rings. The maximum atomic E-state index is 10.6. The van der Waals surface area contributed by atoms with Crippen LogP contribution in [0.4, 0.5) is 13.2 Å². The molecule has 0 spiro atoms. The van der Waals surface area contributed by atoms with Crippen LogP contribution >= 0.6 is 8.25 Å². The fourth-order valence-corrected chi connectivity index (χ4v) is 0. The van der Waals surface area contributed by atoms with Crippen molar-refractivity contribution in [2.75, 3.05) is 0 Å². The van der Waals surface area contributed by atoms with E-state index < -0.39 is 14.4 Å². The molecule has 0 aliphatic carbocycles. The molecule has 0 aliphatic heterocycles. The second kappa shape index (κ2) is 9.37. The third-order valence-electron chi connectivity index (χ3n) is 0.189. The third-order valence-corrected chi connectivity index (χ3v) is 0.189. The number of alkyl halides is 3. The van der Waals surface area contributed by atoms with E-state index in [2.05, 4.69) is 5.73 Å². The first-order valence-corrected chi connectivity index (χ1v) is 3.14. The maximum absolute atomic E-state index is 10.6. The zero-order valence-electron chi connectivity index (χ0n) is 5.09. The summed E-state index contributed by atoms with van der Waals surface area (Å²) in [7, 11) is -3.13. The molecule has 0 aliphatic rings. The van der Waals surface area contributed by atoms with Crippen molar-refractivity contribution in [3.8, 4) is 0 Å². The first-order valence-electron chi connectivity index (χ1n) is 1.84. The Balaban J connectivity index is -0.000000114. The van der Waals surface area contributed by atoms with Crippen LogP contribution < -0.4 is 5.73 Å². The Morgan fingerprint density at radius 3 is 1.45 bits per heavy atom. The van der Waals surface area contributed by atoms with Crippen LogP contribution in [0.15, 0.2) is 0 Å². The molecule has 0 rings (SSSR count). The van der Waals surface area contributed by atoms with Gasteiger partial charge in [-0.1, -0.05) is 0 Å². The van der Waals surface area contributed by atoms with Crippen molar-refractivity contribution in [1.82, 2.24) is 0 Å². The van der Waals surface area contributed by atoms with Crippen LogP contribution in [-0.4, -0.2) is 16.0 Å². The van der Waals surface area contributed by atoms with E-state index in [0.717, 1.165) is 0 Å². The van der Waals surface area contributed by atoms with Gasteiger partial charge in [0.05, 0.1) is 0 Å². The molecular weight excluding hydrogens is 314 g/mol. The summed E-state index contributed by atoms with van der Waals surface area (Å²) in [4.78, 5) is 14.3. The monoisotopic (exact) mass is 320 g/mol. The van der Waals surface area contributed by atoms with Crippen LogP contribution in [0.3, 0.4) is 0 Å². The van der Waals surface area contributed by atoms with Gasteiger partial charge in [0.2, 0.25) is 0 Å². The van der Waals surface area contributed by atoms with E-state index in [4.69, 9.17) is 14.4 Å². The van der Waals surface area contributed by atoms with Gasteiger partial charge in [-0.15, -0.1) is 0 Å². The summed E-state index contributed by atoms with van der Waals surface area (Å²) in [5, 5.41) is 0. The third kappa shape index (κ3) is 53.1. The van der Waals surface area contributed by atoms with Gasteiger partial charge in [0.15, 0.2) is 0 Å². The molecule has 4 nitrogen and oxygen atoms in total. The summed E-state index contributed by atoms with van der Waals surface area (Å²) in [5.74, 6) is 0. The van der Waals surface area contributed by atoms with E-state index in [1.165, 1.54) is 0 Å². The van der Waals surface area contributed by atoms with E-state index in [-0.39, 0.29) is 48.3 Å². The molecule has 0 heterocycles. The Kier molecular flexibility index (Phi) is 15.4. The van der Waals surface area contributed by atoms with Crippen LogP contribution in [-0.2, 0) is 4.57 Å². The average Bonchev–Trinajstić information content (AvgIpc) is 1.63. The molecular formula is C2H6CeF3NO3P-. The van der Waals surface area contributed by atoms with Gasteiger partial charge in [-0.2, -0.15) is 6.54 Å². The molecule has 0 bridgehead atoms. The molecule has 0 aromatic heterocycles. The summed E-state index contributed by atoms with van der Waals surface area (Å²) in [5.41, 5.74) is 4.06. The van der Waals surface area contributed by atoms with Gasteiger partial charge in [0, 0.05) is 41.7 Å². The normalized spacial score (nSPS) is 9.73. The van der Waals surface area contributed by atoms with Crippen LogP contribution in [0.25, 0.3) is 0 Å². The first-order chi connectivity index (χ1) is 4.29. The number of halogens is 3. The van der Waals surface area contributed by atoms with Gasteiger partial charge in [0.25, 0.3) is 6.18 Å². The molecule has 4 N–H and O–H groups in total. The summed E-state index contributed by atoms with van der Waals surface area (Å²) in [6, 6.07) is 0. The van der Waals surface area contributed by atoms with Crippen molar-refractivity contribution in [2.24, 2.45) is 5.73 Å². The summed E-state index contributed by atoms with van der Waals surface area (Å²) in [6.07, 6.45) is -4.31. The van der Waals surface area contributed by atoms with E-state index >= 15 is 0 Å². The first kappa shape index (κ1) is 18.1. The van der Waals surface area contributed by atoms with E-state index in [1.54, 1.807) is 0 Å². The smallest absolute Gasteiger partial charge is 0.314 e. The van der Waals surface area contributed by atoms with Gasteiger partial charge < -0.3 is 15.5 Å². The van der Waals surface area contributed by atoms with Gasteiger partial charge >= 0.3 is 8.25 Å². The average molecular weight is 320 g/mol. The predicted octanol–water partition coefficient (Wildman–Crippen LogP) is 0.0299. The van der Waals surface area contributed by atoms with Crippen molar-refractivity contribution in [1.29, 1.82) is 0 Å². The van der Waals surface area contributed by atoms with Crippen molar-refractivity contribution in [3.05, 3.63) is 6.54 Å². The van der Waals surface area contributed by atoms with Gasteiger partial charge in [-0.25, -0.2) is 13.2 Å². The topological polar surface area (TPSA) is 83.6 Å². The van der Waals surface area contributed by atoms with Gasteiger partial charge in [-0.05, 0) is 0 Å². The molecule has 11 heavy (non-hydrogen) atoms. The fourth-order valence-electron chi connectivity index (χ4n) is 0. The zero-order chi connectivity index (χ0) is 8.78. The molecule has 0 radical (unpaired) electrons. The maximum Gasteiger partial charge on any atom is 0.314 e. The van der Waals surface area contributed by atoms with E-state index in [0.29, 0.717) is 0 Å². The van der Waals surface area contributed by atoms with Crippen molar-refractivity contribution >= 4 is 8.25 Å². The van der Waals surface area contributed by atoms with Crippen LogP contribution in [0.5, 0.6) is 0 Å². The Bertz CT molecular complexity index is 105. The summed E-state index contributed by atoms with van der Waals surface area (Å²) < 4.78 is 40.6. The summed E-state index contributed by atoms with van der Waals surface area (Å²) in [6.45, 7) is -0.312. The molecule has 68 valence electrons. The van der Waals surface area contributed by atoms with Gasteiger partial charge in [0.1, 0.15) is 0 Å². The Hall–Kier alpha value is 1.28. The Labute approximate surface area is 95.3 Å². The predicted molar refractivity (Wildman–Crippen MR) is 28.0 cm³/mol. The minimum Gasteiger partial charge on any atom is -0.475 e. The minimum absolute atomic E-state index is 0. The molecule has 0 saturated heterocycles. The summed E-state index contributed by atoms with van der Waals surface area (Å²) >= 11 is 0. The van der Waals surface area contributed by atoms with E-state index in [1.807, 2.05) is 0 Å². The second-order valence-corrected chi connectivity index (χ2v) is 1.56. The molecule has 0 aromatic carbocycles. The van der Waals surface area contributed by atoms with Crippen LogP contribution in [0, 0.1) is 48.3 Å². The molecule has 0 aromatic rings. The van der Waals surface area contributed by atoms with Crippen LogP contribution in [0.2, 0.25) is 0 Å². The van der Waals surface area contributed by atoms with Crippen molar-refractivity contribution in [3.63, 3.8) is 0 Å². The molecule has 0 unspecified atom stereocenters. The van der Waals surface area contributed by atoms with Crippen LogP contribution in [0.1, 0.15) is 0 Å². The number of rotatable bonds is 0. The molecule has 0 amide bonds. The van der Waals surface area contributed by atoms with Crippen molar-refractivity contribution in [2.45, 2.75) is 6.18 Å². The minimum atomic E-state index is -4.31.